The van der Waals surface area contributed by atoms with Crippen molar-refractivity contribution in [1.82, 2.24) is 9.88 Å². The number of carbonyl (C=O) groups is 2. The number of likely N-dealkylation sites (tertiary alicyclic amines) is 1. The van der Waals surface area contributed by atoms with E-state index in [2.05, 4.69) is 25.8 Å². The Morgan fingerprint density at radius 2 is 2.00 bits per heavy atom. The van der Waals surface area contributed by atoms with Crippen molar-refractivity contribution in [1.29, 1.82) is 0 Å². The van der Waals surface area contributed by atoms with Crippen LogP contribution in [0.2, 0.25) is 0 Å². The second-order valence-electron chi connectivity index (χ2n) is 8.20. The molecule has 1 N–H and O–H groups in total. The first-order valence-electron chi connectivity index (χ1n) is 8.95. The van der Waals surface area contributed by atoms with E-state index in [9.17, 15) is 14.7 Å². The molecule has 2 aliphatic rings. The van der Waals surface area contributed by atoms with E-state index in [1.54, 1.807) is 7.11 Å². The highest BCUT2D eigenvalue weighted by Gasteiger charge is 2.40. The minimum absolute atomic E-state index is 0.203. The van der Waals surface area contributed by atoms with Gasteiger partial charge in [-0.1, -0.05) is 20.8 Å². The number of amides is 1. The molecule has 0 radical (unpaired) electrons. The first kappa shape index (κ1) is 18.6. The predicted octanol–water partition coefficient (Wildman–Crippen LogP) is 1.08. The van der Waals surface area contributed by atoms with E-state index in [1.807, 2.05) is 18.0 Å². The Morgan fingerprint density at radius 3 is 2.54 bits per heavy atom. The molecule has 2 atom stereocenters. The standard InChI is InChI=1S/C19H27N3O4/c1-19(2,3)14-8-12-13(10-21(4)16(12)20-17(14)26-5)15(24)18(25)22-7-6-11(23)9-22/h8,11,13,23H,6-7,9-10H2,1-5H3. The molecule has 1 amide bonds. The van der Waals surface area contributed by atoms with Crippen LogP contribution in [0.1, 0.15) is 44.2 Å². The van der Waals surface area contributed by atoms with Gasteiger partial charge < -0.3 is 19.6 Å². The van der Waals surface area contributed by atoms with Gasteiger partial charge in [0.25, 0.3) is 5.91 Å². The Labute approximate surface area is 153 Å². The fraction of sp³-hybridized carbons (Fsp3) is 0.632. The lowest BCUT2D eigenvalue weighted by atomic mass is 9.85. The minimum atomic E-state index is -0.542. The van der Waals surface area contributed by atoms with Crippen LogP contribution in [0, 0.1) is 0 Å². The molecular weight excluding hydrogens is 334 g/mol. The van der Waals surface area contributed by atoms with Crippen molar-refractivity contribution in [3.05, 3.63) is 17.2 Å². The molecule has 0 aliphatic carbocycles. The first-order valence-corrected chi connectivity index (χ1v) is 8.95. The molecular formula is C19H27N3O4. The number of aliphatic hydroxyl groups is 1. The van der Waals surface area contributed by atoms with E-state index >= 15 is 0 Å². The second-order valence-corrected chi connectivity index (χ2v) is 8.20. The molecule has 1 saturated heterocycles. The Balaban J connectivity index is 1.96. The summed E-state index contributed by atoms with van der Waals surface area (Å²) in [7, 11) is 3.45. The van der Waals surface area contributed by atoms with Crippen molar-refractivity contribution in [3.8, 4) is 5.88 Å². The monoisotopic (exact) mass is 361 g/mol. The lowest BCUT2D eigenvalue weighted by molar-refractivity contribution is -0.144. The van der Waals surface area contributed by atoms with E-state index in [0.29, 0.717) is 31.2 Å². The van der Waals surface area contributed by atoms with Crippen LogP contribution in [-0.4, -0.2) is 66.6 Å². The summed E-state index contributed by atoms with van der Waals surface area (Å²) in [4.78, 5) is 33.5. The number of ketones is 1. The van der Waals surface area contributed by atoms with Crippen LogP contribution in [0.25, 0.3) is 0 Å². The topological polar surface area (TPSA) is 83.0 Å². The Kier molecular flexibility index (Phi) is 4.69. The van der Waals surface area contributed by atoms with Crippen LogP contribution >= 0.6 is 0 Å². The van der Waals surface area contributed by atoms with Gasteiger partial charge in [0.1, 0.15) is 5.82 Å². The van der Waals surface area contributed by atoms with Gasteiger partial charge in [0, 0.05) is 37.8 Å². The zero-order valence-electron chi connectivity index (χ0n) is 16.1. The molecule has 142 valence electrons. The number of aromatic nitrogens is 1. The normalized spacial score (nSPS) is 22.5. The molecule has 0 bridgehead atoms. The molecule has 7 heteroatoms. The second kappa shape index (κ2) is 6.54. The van der Waals surface area contributed by atoms with Crippen LogP contribution in [0.3, 0.4) is 0 Å². The van der Waals surface area contributed by atoms with Crippen LogP contribution in [0.5, 0.6) is 5.88 Å². The molecule has 1 aromatic rings. The molecule has 2 aliphatic heterocycles. The number of pyridine rings is 1. The number of nitrogens with zero attached hydrogens (tertiary/aromatic N) is 3. The number of ether oxygens (including phenoxy) is 1. The summed E-state index contributed by atoms with van der Waals surface area (Å²) in [5.41, 5.74) is 1.48. The maximum absolute atomic E-state index is 12.9. The molecule has 7 nitrogen and oxygen atoms in total. The molecule has 3 heterocycles. The number of methoxy groups -OCH3 is 1. The molecule has 0 spiro atoms. The van der Waals surface area contributed by atoms with Gasteiger partial charge in [-0.25, -0.2) is 0 Å². The van der Waals surface area contributed by atoms with E-state index in [4.69, 9.17) is 4.74 Å². The zero-order valence-corrected chi connectivity index (χ0v) is 16.1. The highest BCUT2D eigenvalue weighted by molar-refractivity contribution is 6.38. The van der Waals surface area contributed by atoms with Crippen molar-refractivity contribution in [3.63, 3.8) is 0 Å². The summed E-state index contributed by atoms with van der Waals surface area (Å²) in [6, 6.07) is 1.96. The minimum Gasteiger partial charge on any atom is -0.481 e. The SMILES string of the molecule is COc1nc2c(cc1C(C)(C)C)C(C(=O)C(=O)N1CCC(O)C1)CN2C. The Hall–Kier alpha value is -2.15. The van der Waals surface area contributed by atoms with Crippen molar-refractivity contribution in [2.75, 3.05) is 38.7 Å². The largest absolute Gasteiger partial charge is 0.481 e. The van der Waals surface area contributed by atoms with Crippen molar-refractivity contribution in [2.24, 2.45) is 0 Å². The number of rotatable bonds is 3. The van der Waals surface area contributed by atoms with E-state index in [-0.39, 0.29) is 12.0 Å². The average molecular weight is 361 g/mol. The van der Waals surface area contributed by atoms with Crippen LogP contribution in [-0.2, 0) is 15.0 Å². The predicted molar refractivity (Wildman–Crippen MR) is 97.7 cm³/mol. The smallest absolute Gasteiger partial charge is 0.290 e. The summed E-state index contributed by atoms with van der Waals surface area (Å²) in [6.45, 7) is 7.25. The van der Waals surface area contributed by atoms with Crippen LogP contribution < -0.4 is 9.64 Å². The van der Waals surface area contributed by atoms with Crippen molar-refractivity contribution >= 4 is 17.5 Å². The number of aliphatic hydroxyl groups excluding tert-OH is 1. The van der Waals surface area contributed by atoms with Gasteiger partial charge in [-0.2, -0.15) is 4.98 Å². The number of β-amino-alcohol motifs (C(OH)–C–C–N with tert-alkyl or cyclic N) is 1. The lowest BCUT2D eigenvalue weighted by Crippen LogP contribution is -2.39. The highest BCUT2D eigenvalue weighted by Crippen LogP contribution is 2.41. The van der Waals surface area contributed by atoms with Gasteiger partial charge >= 0.3 is 0 Å². The summed E-state index contributed by atoms with van der Waals surface area (Å²) in [6.07, 6.45) is -0.0173. The van der Waals surface area contributed by atoms with Gasteiger partial charge in [0.15, 0.2) is 0 Å². The summed E-state index contributed by atoms with van der Waals surface area (Å²) in [5.74, 6) is -0.259. The van der Waals surface area contributed by atoms with Gasteiger partial charge in [-0.05, 0) is 17.9 Å². The third-order valence-corrected chi connectivity index (χ3v) is 5.17. The fourth-order valence-electron chi connectivity index (χ4n) is 3.67. The third kappa shape index (κ3) is 3.16. The molecule has 26 heavy (non-hydrogen) atoms. The zero-order chi connectivity index (χ0) is 19.2. The van der Waals surface area contributed by atoms with Gasteiger partial charge in [0.2, 0.25) is 11.7 Å². The van der Waals surface area contributed by atoms with Gasteiger partial charge in [0.05, 0.1) is 19.1 Å². The first-order chi connectivity index (χ1) is 12.1. The van der Waals surface area contributed by atoms with Gasteiger partial charge in [-0.15, -0.1) is 0 Å². The Bertz CT molecular complexity index is 741. The number of hydrogen-bond acceptors (Lipinski definition) is 6. The number of carbonyl (C=O) groups excluding carboxylic acids is 2. The maximum atomic E-state index is 12.9. The van der Waals surface area contributed by atoms with E-state index < -0.39 is 23.7 Å². The third-order valence-electron chi connectivity index (χ3n) is 5.17. The number of anilines is 1. The van der Waals surface area contributed by atoms with Crippen molar-refractivity contribution < 1.29 is 19.4 Å². The molecule has 3 rings (SSSR count). The van der Waals surface area contributed by atoms with Crippen molar-refractivity contribution in [2.45, 2.75) is 44.6 Å². The summed E-state index contributed by atoms with van der Waals surface area (Å²) >= 11 is 0. The average Bonchev–Trinajstić information content (AvgIpc) is 3.15. The lowest BCUT2D eigenvalue weighted by Gasteiger charge is -2.23. The van der Waals surface area contributed by atoms with E-state index in [0.717, 1.165) is 11.1 Å². The molecule has 1 fully saturated rings. The van der Waals surface area contributed by atoms with Crippen LogP contribution in [0.4, 0.5) is 5.82 Å². The number of hydrogen-bond donors (Lipinski definition) is 1. The summed E-state index contributed by atoms with van der Waals surface area (Å²) < 4.78 is 5.46. The Morgan fingerprint density at radius 1 is 1.31 bits per heavy atom. The fourth-order valence-corrected chi connectivity index (χ4v) is 3.67. The molecule has 2 unspecified atom stereocenters. The highest BCUT2D eigenvalue weighted by atomic mass is 16.5. The summed E-state index contributed by atoms with van der Waals surface area (Å²) in [5, 5.41) is 9.64. The quantitative estimate of drug-likeness (QED) is 0.812. The molecule has 0 aromatic carbocycles. The number of Topliss-reactive ketones (excluding diaryl/α,β-unsaturated/α-hetero) is 1. The number of likely N-dealkylation sites (N-methyl/N-ethyl adjacent to an activating group) is 1. The molecule has 1 aromatic heterocycles. The molecule has 0 saturated carbocycles. The van der Waals surface area contributed by atoms with E-state index in [1.165, 1.54) is 4.90 Å². The van der Waals surface area contributed by atoms with Crippen LogP contribution in [0.15, 0.2) is 6.07 Å². The maximum Gasteiger partial charge on any atom is 0.290 e. The number of fused-ring (bicyclic) bond motifs is 1. The van der Waals surface area contributed by atoms with Gasteiger partial charge in [-0.3, -0.25) is 9.59 Å².